The second-order valence-corrected chi connectivity index (χ2v) is 8.84. The Morgan fingerprint density at radius 3 is 2.71 bits per heavy atom. The van der Waals surface area contributed by atoms with E-state index in [-0.39, 0.29) is 24.8 Å². The van der Waals surface area contributed by atoms with Crippen LogP contribution in [0.2, 0.25) is 0 Å². The Labute approximate surface area is 198 Å². The van der Waals surface area contributed by atoms with Gasteiger partial charge in [0.15, 0.2) is 11.5 Å². The molecular weight excluding hydrogens is 460 g/mol. The number of carbonyl (C=O) groups is 1. The van der Waals surface area contributed by atoms with Crippen LogP contribution in [0.4, 0.5) is 14.6 Å². The molecule has 6 rings (SSSR count). The van der Waals surface area contributed by atoms with Gasteiger partial charge in [-0.2, -0.15) is 5.10 Å². The number of halogens is 2. The first-order chi connectivity index (χ1) is 16.8. The summed E-state index contributed by atoms with van der Waals surface area (Å²) < 4.78 is 45.2. The van der Waals surface area contributed by atoms with E-state index >= 15 is 0 Å². The third-order valence-electron chi connectivity index (χ3n) is 6.38. The van der Waals surface area contributed by atoms with Crippen LogP contribution in [0, 0.1) is 13.8 Å². The van der Waals surface area contributed by atoms with Gasteiger partial charge in [-0.1, -0.05) is 5.16 Å². The molecule has 0 fully saturated rings. The number of aryl methyl sites for hydroxylation is 2. The van der Waals surface area contributed by atoms with Crippen molar-refractivity contribution in [2.45, 2.75) is 45.7 Å². The van der Waals surface area contributed by atoms with Gasteiger partial charge >= 0.3 is 0 Å². The summed E-state index contributed by atoms with van der Waals surface area (Å²) in [6.07, 6.45) is -2.53. The van der Waals surface area contributed by atoms with Crippen molar-refractivity contribution in [3.05, 3.63) is 47.3 Å². The van der Waals surface area contributed by atoms with E-state index in [1.54, 1.807) is 51.1 Å². The summed E-state index contributed by atoms with van der Waals surface area (Å²) in [5.41, 5.74) is 2.73. The second-order valence-electron chi connectivity index (χ2n) is 8.84. The molecule has 9 nitrogen and oxygen atoms in total. The fourth-order valence-corrected chi connectivity index (χ4v) is 4.83. The molecule has 0 saturated heterocycles. The lowest BCUT2D eigenvalue weighted by Crippen LogP contribution is -2.46. The van der Waals surface area contributed by atoms with Crippen molar-refractivity contribution in [3.8, 4) is 22.8 Å². The van der Waals surface area contributed by atoms with Gasteiger partial charge < -0.3 is 14.0 Å². The SMILES string of the molecule is Cc1cc(C(=O)N2c3cc(C)nn3[C@H](C(F)F)C[C@H]2C)c2c(-c3ccc4c(c3)OCO4)noc2n1. The Bertz CT molecular complexity index is 1480. The maximum absolute atomic E-state index is 14.0. The van der Waals surface area contributed by atoms with Crippen LogP contribution >= 0.6 is 0 Å². The van der Waals surface area contributed by atoms with Gasteiger partial charge in [0.1, 0.15) is 17.6 Å². The highest BCUT2D eigenvalue weighted by molar-refractivity contribution is 6.16. The molecule has 0 unspecified atom stereocenters. The van der Waals surface area contributed by atoms with Crippen LogP contribution in [0.1, 0.15) is 41.1 Å². The Balaban J connectivity index is 1.50. The highest BCUT2D eigenvalue weighted by Gasteiger charge is 2.40. The highest BCUT2D eigenvalue weighted by Crippen LogP contribution is 2.40. The summed E-state index contributed by atoms with van der Waals surface area (Å²) in [6.45, 7) is 5.35. The molecule has 3 aromatic heterocycles. The molecule has 2 atom stereocenters. The molecule has 5 heterocycles. The largest absolute Gasteiger partial charge is 0.454 e. The average molecular weight is 481 g/mol. The third kappa shape index (κ3) is 3.33. The van der Waals surface area contributed by atoms with Gasteiger partial charge in [0.2, 0.25) is 6.79 Å². The van der Waals surface area contributed by atoms with Crippen LogP contribution in [0.3, 0.4) is 0 Å². The summed E-state index contributed by atoms with van der Waals surface area (Å²) in [5, 5.41) is 8.89. The number of aromatic nitrogens is 4. The van der Waals surface area contributed by atoms with Crippen molar-refractivity contribution >= 4 is 22.8 Å². The second kappa shape index (κ2) is 7.76. The van der Waals surface area contributed by atoms with Gasteiger partial charge in [-0.05, 0) is 51.5 Å². The lowest BCUT2D eigenvalue weighted by Gasteiger charge is -2.37. The molecule has 0 aliphatic carbocycles. The van der Waals surface area contributed by atoms with Crippen molar-refractivity contribution in [1.29, 1.82) is 0 Å². The molecule has 4 aromatic rings. The van der Waals surface area contributed by atoms with Crippen LogP contribution in [0.5, 0.6) is 11.5 Å². The number of anilines is 1. The maximum Gasteiger partial charge on any atom is 0.260 e. The summed E-state index contributed by atoms with van der Waals surface area (Å²) >= 11 is 0. The number of nitrogens with zero attached hydrogens (tertiary/aromatic N) is 5. The molecule has 1 amide bonds. The molecule has 0 radical (unpaired) electrons. The highest BCUT2D eigenvalue weighted by atomic mass is 19.3. The van der Waals surface area contributed by atoms with Gasteiger partial charge in [0.25, 0.3) is 18.0 Å². The molecule has 0 bridgehead atoms. The Hall–Kier alpha value is -4.02. The number of pyridine rings is 1. The van der Waals surface area contributed by atoms with E-state index in [4.69, 9.17) is 14.0 Å². The number of alkyl halides is 2. The van der Waals surface area contributed by atoms with Gasteiger partial charge in [-0.3, -0.25) is 9.69 Å². The molecule has 2 aliphatic heterocycles. The zero-order chi connectivity index (χ0) is 24.4. The predicted molar refractivity (Wildman–Crippen MR) is 121 cm³/mol. The number of benzene rings is 1. The number of ether oxygens (including phenoxy) is 2. The molecule has 35 heavy (non-hydrogen) atoms. The normalized spacial score (nSPS) is 19.0. The topological polar surface area (TPSA) is 95.5 Å². The van der Waals surface area contributed by atoms with Gasteiger partial charge in [0, 0.05) is 23.4 Å². The molecule has 1 aromatic carbocycles. The molecule has 0 saturated carbocycles. The van der Waals surface area contributed by atoms with Crippen molar-refractivity contribution in [1.82, 2.24) is 19.9 Å². The average Bonchev–Trinajstić information content (AvgIpc) is 3.54. The minimum absolute atomic E-state index is 0.0728. The standard InChI is InChI=1S/C24H21F2N5O4/c1-11-6-15(24(32)30-13(3)8-16(22(25)26)31-19(30)7-12(2)28-31)20-21(29-35-23(20)27-11)14-4-5-17-18(9-14)34-10-33-17/h4-7,9,13,16,22H,8,10H2,1-3H3/t13-,16+/m1/s1. The van der Waals surface area contributed by atoms with E-state index in [1.165, 1.54) is 9.58 Å². The van der Waals surface area contributed by atoms with Crippen LogP contribution in [0.15, 0.2) is 34.9 Å². The van der Waals surface area contributed by atoms with Crippen molar-refractivity contribution in [2.24, 2.45) is 0 Å². The number of fused-ring (bicyclic) bond motifs is 3. The number of hydrogen-bond acceptors (Lipinski definition) is 7. The maximum atomic E-state index is 14.0. The minimum Gasteiger partial charge on any atom is -0.454 e. The van der Waals surface area contributed by atoms with Crippen LogP contribution in [0.25, 0.3) is 22.4 Å². The first-order valence-corrected chi connectivity index (χ1v) is 11.2. The first-order valence-electron chi connectivity index (χ1n) is 11.2. The fraction of sp³-hybridized carbons (Fsp3) is 0.333. The lowest BCUT2D eigenvalue weighted by atomic mass is 10.00. The number of hydrogen-bond donors (Lipinski definition) is 0. The summed E-state index contributed by atoms with van der Waals surface area (Å²) in [7, 11) is 0. The van der Waals surface area contributed by atoms with E-state index in [0.717, 1.165) is 0 Å². The van der Waals surface area contributed by atoms with Crippen molar-refractivity contribution in [2.75, 3.05) is 11.7 Å². The zero-order valence-electron chi connectivity index (χ0n) is 19.2. The van der Waals surface area contributed by atoms with Gasteiger partial charge in [0.05, 0.1) is 16.6 Å². The number of carbonyl (C=O) groups excluding carboxylic acids is 1. The van der Waals surface area contributed by atoms with E-state index < -0.39 is 18.5 Å². The predicted octanol–water partition coefficient (Wildman–Crippen LogP) is 4.68. The van der Waals surface area contributed by atoms with Gasteiger partial charge in [-0.15, -0.1) is 0 Å². The molecule has 2 aliphatic rings. The smallest absolute Gasteiger partial charge is 0.260 e. The monoisotopic (exact) mass is 481 g/mol. The lowest BCUT2D eigenvalue weighted by molar-refractivity contribution is 0.0609. The molecule has 0 spiro atoms. The van der Waals surface area contributed by atoms with Crippen LogP contribution < -0.4 is 14.4 Å². The molecule has 180 valence electrons. The first kappa shape index (κ1) is 21.5. The van der Waals surface area contributed by atoms with Gasteiger partial charge in [-0.25, -0.2) is 18.4 Å². The summed E-state index contributed by atoms with van der Waals surface area (Å²) in [4.78, 5) is 20.0. The van der Waals surface area contributed by atoms with E-state index in [1.807, 2.05) is 0 Å². The number of amides is 1. The Morgan fingerprint density at radius 2 is 1.91 bits per heavy atom. The minimum atomic E-state index is -2.60. The zero-order valence-corrected chi connectivity index (χ0v) is 19.2. The van der Waals surface area contributed by atoms with E-state index in [0.29, 0.717) is 50.9 Å². The molecule has 11 heteroatoms. The Morgan fingerprint density at radius 1 is 1.11 bits per heavy atom. The van der Waals surface area contributed by atoms with E-state index in [9.17, 15) is 13.6 Å². The Kier molecular flexibility index (Phi) is 4.77. The fourth-order valence-electron chi connectivity index (χ4n) is 4.83. The van der Waals surface area contributed by atoms with E-state index in [2.05, 4.69) is 15.2 Å². The van der Waals surface area contributed by atoms with Crippen LogP contribution in [-0.2, 0) is 0 Å². The van der Waals surface area contributed by atoms with Crippen LogP contribution in [-0.4, -0.2) is 45.1 Å². The third-order valence-corrected chi connectivity index (χ3v) is 6.38. The summed E-state index contributed by atoms with van der Waals surface area (Å²) in [6, 6.07) is 7.06. The molecule has 0 N–H and O–H groups in total. The molecular formula is C24H21F2N5O4. The van der Waals surface area contributed by atoms with Crippen molar-refractivity contribution in [3.63, 3.8) is 0 Å². The number of rotatable bonds is 3. The summed E-state index contributed by atoms with van der Waals surface area (Å²) in [5.74, 6) is 1.15. The quantitative estimate of drug-likeness (QED) is 0.419. The van der Waals surface area contributed by atoms with Crippen molar-refractivity contribution < 1.29 is 27.6 Å².